The first-order valence-electron chi connectivity index (χ1n) is 9.69. The Morgan fingerprint density at radius 3 is 2.90 bits per heavy atom. The Bertz CT molecular complexity index is 1150. The number of furan rings is 1. The van der Waals surface area contributed by atoms with Gasteiger partial charge in [-0.2, -0.15) is 0 Å². The standard InChI is InChI=1S/C22H22N4O3S2/c1-4-10-26-20(18-7-6-11-29-18)24-25-22(26)31-14-16-13-30-21(23-16)15-8-9-17(28-5-2)19(12-15)27-3/h4,6-9,11-13H,1,5,10,14H2,2-3H3. The number of benzene rings is 1. The van der Waals surface area contributed by atoms with E-state index in [1.807, 2.05) is 47.9 Å². The first-order chi connectivity index (χ1) is 15.2. The molecule has 0 saturated carbocycles. The number of ether oxygens (including phenoxy) is 2. The van der Waals surface area contributed by atoms with Gasteiger partial charge in [0.25, 0.3) is 0 Å². The summed E-state index contributed by atoms with van der Waals surface area (Å²) in [5.41, 5.74) is 1.97. The van der Waals surface area contributed by atoms with E-state index in [1.54, 1.807) is 36.5 Å². The molecule has 160 valence electrons. The predicted molar refractivity (Wildman–Crippen MR) is 123 cm³/mol. The Labute approximate surface area is 188 Å². The molecular formula is C22H22N4O3S2. The summed E-state index contributed by atoms with van der Waals surface area (Å²) in [5.74, 6) is 3.48. The molecule has 0 aliphatic carbocycles. The molecule has 0 N–H and O–H groups in total. The van der Waals surface area contributed by atoms with Crippen molar-refractivity contribution >= 4 is 23.1 Å². The minimum Gasteiger partial charge on any atom is -0.493 e. The molecule has 3 heterocycles. The zero-order valence-electron chi connectivity index (χ0n) is 17.3. The van der Waals surface area contributed by atoms with E-state index in [1.165, 1.54) is 0 Å². The second kappa shape index (κ2) is 9.84. The monoisotopic (exact) mass is 454 g/mol. The van der Waals surface area contributed by atoms with Crippen LogP contribution in [-0.2, 0) is 12.3 Å². The minimum atomic E-state index is 0.590. The maximum atomic E-state index is 5.60. The van der Waals surface area contributed by atoms with Gasteiger partial charge in [-0.25, -0.2) is 4.98 Å². The first-order valence-corrected chi connectivity index (χ1v) is 11.6. The first kappa shape index (κ1) is 21.2. The molecule has 31 heavy (non-hydrogen) atoms. The van der Waals surface area contributed by atoms with E-state index >= 15 is 0 Å². The molecule has 4 aromatic rings. The van der Waals surface area contributed by atoms with Crippen molar-refractivity contribution in [1.82, 2.24) is 19.7 Å². The molecule has 0 radical (unpaired) electrons. The minimum absolute atomic E-state index is 0.590. The van der Waals surface area contributed by atoms with Gasteiger partial charge in [0.2, 0.25) is 5.82 Å². The summed E-state index contributed by atoms with van der Waals surface area (Å²) in [4.78, 5) is 4.78. The van der Waals surface area contributed by atoms with E-state index in [0.29, 0.717) is 36.2 Å². The van der Waals surface area contributed by atoms with Crippen molar-refractivity contribution in [2.45, 2.75) is 24.4 Å². The Kier molecular flexibility index (Phi) is 6.73. The smallest absolute Gasteiger partial charge is 0.200 e. The van der Waals surface area contributed by atoms with Crippen molar-refractivity contribution in [2.24, 2.45) is 0 Å². The van der Waals surface area contributed by atoms with Crippen LogP contribution in [0.1, 0.15) is 12.6 Å². The molecule has 9 heteroatoms. The number of aromatic nitrogens is 4. The summed E-state index contributed by atoms with van der Waals surface area (Å²) in [7, 11) is 1.64. The van der Waals surface area contributed by atoms with Crippen LogP contribution < -0.4 is 9.47 Å². The van der Waals surface area contributed by atoms with Gasteiger partial charge in [0.15, 0.2) is 22.4 Å². The van der Waals surface area contributed by atoms with Crippen LogP contribution in [0.5, 0.6) is 11.5 Å². The predicted octanol–water partition coefficient (Wildman–Crippen LogP) is 5.55. The molecule has 0 aliphatic rings. The normalized spacial score (nSPS) is 10.9. The second-order valence-electron chi connectivity index (χ2n) is 6.41. The summed E-state index contributed by atoms with van der Waals surface area (Å²) in [6.07, 6.45) is 3.45. The van der Waals surface area contributed by atoms with Gasteiger partial charge in [-0.05, 0) is 37.3 Å². The number of hydrogen-bond acceptors (Lipinski definition) is 8. The van der Waals surface area contributed by atoms with E-state index in [2.05, 4.69) is 22.2 Å². The van der Waals surface area contributed by atoms with Crippen LogP contribution in [0.15, 0.2) is 64.2 Å². The molecule has 0 aliphatic heterocycles. The fourth-order valence-electron chi connectivity index (χ4n) is 3.00. The van der Waals surface area contributed by atoms with Gasteiger partial charge in [-0.1, -0.05) is 17.8 Å². The van der Waals surface area contributed by atoms with Crippen LogP contribution in [0, 0.1) is 0 Å². The third kappa shape index (κ3) is 4.67. The highest BCUT2D eigenvalue weighted by Crippen LogP contribution is 2.35. The lowest BCUT2D eigenvalue weighted by molar-refractivity contribution is 0.311. The van der Waals surface area contributed by atoms with Crippen LogP contribution in [-0.4, -0.2) is 33.5 Å². The number of thioether (sulfide) groups is 1. The van der Waals surface area contributed by atoms with Crippen molar-refractivity contribution in [3.63, 3.8) is 0 Å². The number of thiazole rings is 1. The largest absolute Gasteiger partial charge is 0.493 e. The second-order valence-corrected chi connectivity index (χ2v) is 8.21. The van der Waals surface area contributed by atoms with Gasteiger partial charge in [-0.15, -0.1) is 28.1 Å². The molecule has 7 nitrogen and oxygen atoms in total. The lowest BCUT2D eigenvalue weighted by Crippen LogP contribution is -2.00. The lowest BCUT2D eigenvalue weighted by atomic mass is 10.2. The molecule has 4 rings (SSSR count). The van der Waals surface area contributed by atoms with Crippen molar-refractivity contribution in [1.29, 1.82) is 0 Å². The summed E-state index contributed by atoms with van der Waals surface area (Å²) >= 11 is 3.18. The molecule has 0 spiro atoms. The van der Waals surface area contributed by atoms with Crippen LogP contribution in [0.2, 0.25) is 0 Å². The number of rotatable bonds is 10. The average Bonchev–Trinajstić information content (AvgIpc) is 3.54. The zero-order chi connectivity index (χ0) is 21.6. The molecule has 0 bridgehead atoms. The van der Waals surface area contributed by atoms with E-state index in [-0.39, 0.29) is 0 Å². The Balaban J connectivity index is 1.50. The van der Waals surface area contributed by atoms with Crippen LogP contribution in [0.4, 0.5) is 0 Å². The van der Waals surface area contributed by atoms with Crippen molar-refractivity contribution in [2.75, 3.05) is 13.7 Å². The summed E-state index contributed by atoms with van der Waals surface area (Å²) in [5, 5.41) is 12.4. The molecule has 0 fully saturated rings. The number of allylic oxidation sites excluding steroid dienone is 1. The Morgan fingerprint density at radius 1 is 1.26 bits per heavy atom. The number of hydrogen-bond donors (Lipinski definition) is 0. The van der Waals surface area contributed by atoms with Gasteiger partial charge in [0, 0.05) is 23.2 Å². The van der Waals surface area contributed by atoms with Gasteiger partial charge < -0.3 is 13.9 Å². The van der Waals surface area contributed by atoms with Crippen molar-refractivity contribution in [3.05, 3.63) is 60.3 Å². The van der Waals surface area contributed by atoms with E-state index < -0.39 is 0 Å². The molecule has 1 aromatic carbocycles. The number of nitrogens with zero attached hydrogens (tertiary/aromatic N) is 4. The number of methoxy groups -OCH3 is 1. The molecule has 0 saturated heterocycles. The highest BCUT2D eigenvalue weighted by molar-refractivity contribution is 7.98. The van der Waals surface area contributed by atoms with Crippen LogP contribution in [0.25, 0.3) is 22.2 Å². The highest BCUT2D eigenvalue weighted by Gasteiger charge is 2.16. The topological polar surface area (TPSA) is 75.2 Å². The van der Waals surface area contributed by atoms with Crippen LogP contribution in [0.3, 0.4) is 0 Å². The lowest BCUT2D eigenvalue weighted by Gasteiger charge is -2.09. The molecular weight excluding hydrogens is 432 g/mol. The van der Waals surface area contributed by atoms with E-state index in [0.717, 1.165) is 27.2 Å². The fourth-order valence-corrected chi connectivity index (χ4v) is 4.76. The maximum Gasteiger partial charge on any atom is 0.200 e. The third-order valence-electron chi connectivity index (χ3n) is 4.38. The maximum absolute atomic E-state index is 5.60. The zero-order valence-corrected chi connectivity index (χ0v) is 18.9. The van der Waals surface area contributed by atoms with Crippen LogP contribution >= 0.6 is 23.1 Å². The highest BCUT2D eigenvalue weighted by atomic mass is 32.2. The summed E-state index contributed by atoms with van der Waals surface area (Å²) in [6, 6.07) is 9.58. The van der Waals surface area contributed by atoms with Gasteiger partial charge in [0.1, 0.15) is 5.01 Å². The Morgan fingerprint density at radius 2 is 2.16 bits per heavy atom. The van der Waals surface area contributed by atoms with Gasteiger partial charge in [-0.3, -0.25) is 4.57 Å². The fraction of sp³-hybridized carbons (Fsp3) is 0.227. The summed E-state index contributed by atoms with van der Waals surface area (Å²) < 4.78 is 18.5. The quantitative estimate of drug-likeness (QED) is 0.230. The average molecular weight is 455 g/mol. The van der Waals surface area contributed by atoms with Crippen molar-refractivity contribution < 1.29 is 13.9 Å². The third-order valence-corrected chi connectivity index (χ3v) is 6.32. The molecule has 0 atom stereocenters. The SMILES string of the molecule is C=CCn1c(SCc2csc(-c3ccc(OCC)c(OC)c3)n2)nnc1-c1ccco1. The molecule has 0 unspecified atom stereocenters. The van der Waals surface area contributed by atoms with E-state index in [9.17, 15) is 0 Å². The molecule has 0 amide bonds. The van der Waals surface area contributed by atoms with Gasteiger partial charge in [0.05, 0.1) is 25.7 Å². The van der Waals surface area contributed by atoms with Gasteiger partial charge >= 0.3 is 0 Å². The Hall–Kier alpha value is -3.04. The van der Waals surface area contributed by atoms with E-state index in [4.69, 9.17) is 18.9 Å². The van der Waals surface area contributed by atoms with Crippen molar-refractivity contribution in [3.8, 4) is 33.7 Å². The summed E-state index contributed by atoms with van der Waals surface area (Å²) in [6.45, 7) is 6.98. The molecule has 3 aromatic heterocycles.